The Morgan fingerprint density at radius 2 is 1.85 bits per heavy atom. The summed E-state index contributed by atoms with van der Waals surface area (Å²) in [7, 11) is 0. The molecule has 1 aromatic carbocycles. The molecule has 6 nitrogen and oxygen atoms in total. The maximum Gasteiger partial charge on any atom is 0.233 e. The van der Waals surface area contributed by atoms with Crippen LogP contribution in [0.15, 0.2) is 35.5 Å². The zero-order valence-electron chi connectivity index (χ0n) is 15.9. The van der Waals surface area contributed by atoms with E-state index in [-0.39, 0.29) is 18.1 Å². The second-order valence-corrected chi connectivity index (χ2v) is 8.47. The lowest BCUT2D eigenvalue weighted by molar-refractivity contribution is -0.140. The quantitative estimate of drug-likeness (QED) is 0.715. The van der Waals surface area contributed by atoms with Crippen LogP contribution in [0.3, 0.4) is 0 Å². The summed E-state index contributed by atoms with van der Waals surface area (Å²) in [6, 6.07) is 10.4. The van der Waals surface area contributed by atoms with Crippen LogP contribution >= 0.6 is 11.8 Å². The van der Waals surface area contributed by atoms with Gasteiger partial charge >= 0.3 is 0 Å². The highest BCUT2D eigenvalue weighted by molar-refractivity contribution is 7.99. The monoisotopic (exact) mass is 386 g/mol. The van der Waals surface area contributed by atoms with Gasteiger partial charge in [-0.2, -0.15) is 0 Å². The summed E-state index contributed by atoms with van der Waals surface area (Å²) in [5.41, 5.74) is 1.23. The molecule has 0 N–H and O–H groups in total. The van der Waals surface area contributed by atoms with Crippen molar-refractivity contribution in [1.29, 1.82) is 0 Å². The van der Waals surface area contributed by atoms with Gasteiger partial charge in [0.2, 0.25) is 5.91 Å². The summed E-state index contributed by atoms with van der Waals surface area (Å²) >= 11 is 1.49. The van der Waals surface area contributed by atoms with E-state index in [1.807, 2.05) is 36.9 Å². The summed E-state index contributed by atoms with van der Waals surface area (Å²) in [4.78, 5) is 14.6. The van der Waals surface area contributed by atoms with Gasteiger partial charge in [0.25, 0.3) is 0 Å². The lowest BCUT2D eigenvalue weighted by atomic mass is 10.2. The number of nitrogens with zero attached hydrogens (tertiary/aromatic N) is 4. The van der Waals surface area contributed by atoms with E-state index in [1.54, 1.807) is 0 Å². The van der Waals surface area contributed by atoms with Gasteiger partial charge in [0.05, 0.1) is 24.5 Å². The fourth-order valence-electron chi connectivity index (χ4n) is 3.56. The molecule has 0 bridgehead atoms. The number of hydrogen-bond acceptors (Lipinski definition) is 5. The SMILES string of the molecule is CC1CN(C(=O)CSc2nnc(C3CC3)n2Cc2ccccc2)CC(C)O1. The maximum absolute atomic E-state index is 12.7. The first-order valence-electron chi connectivity index (χ1n) is 9.63. The predicted molar refractivity (Wildman–Crippen MR) is 105 cm³/mol. The summed E-state index contributed by atoms with van der Waals surface area (Å²) < 4.78 is 7.91. The van der Waals surface area contributed by atoms with Crippen molar-refractivity contribution in [3.8, 4) is 0 Å². The maximum atomic E-state index is 12.7. The van der Waals surface area contributed by atoms with Crippen molar-refractivity contribution in [2.75, 3.05) is 18.8 Å². The summed E-state index contributed by atoms with van der Waals surface area (Å²) in [6.45, 7) is 6.10. The Kier molecular flexibility index (Phi) is 5.50. The van der Waals surface area contributed by atoms with Gasteiger partial charge < -0.3 is 14.2 Å². The zero-order chi connectivity index (χ0) is 18.8. The second-order valence-electron chi connectivity index (χ2n) is 7.53. The number of aromatic nitrogens is 3. The van der Waals surface area contributed by atoms with Crippen molar-refractivity contribution in [3.63, 3.8) is 0 Å². The third-order valence-electron chi connectivity index (χ3n) is 4.97. The van der Waals surface area contributed by atoms with E-state index in [4.69, 9.17) is 4.74 Å². The number of thioether (sulfide) groups is 1. The largest absolute Gasteiger partial charge is 0.372 e. The minimum Gasteiger partial charge on any atom is -0.372 e. The summed E-state index contributed by atoms with van der Waals surface area (Å²) in [5, 5.41) is 9.67. The Morgan fingerprint density at radius 3 is 2.52 bits per heavy atom. The summed E-state index contributed by atoms with van der Waals surface area (Å²) in [6.07, 6.45) is 2.54. The number of rotatable bonds is 6. The van der Waals surface area contributed by atoms with Crippen LogP contribution < -0.4 is 0 Å². The van der Waals surface area contributed by atoms with Crippen LogP contribution in [0.5, 0.6) is 0 Å². The molecule has 2 atom stereocenters. The fraction of sp³-hybridized carbons (Fsp3) is 0.550. The van der Waals surface area contributed by atoms with Gasteiger partial charge in [-0.25, -0.2) is 0 Å². The molecular formula is C20H26N4O2S. The first-order chi connectivity index (χ1) is 13.1. The molecule has 0 radical (unpaired) electrons. The number of carbonyl (C=O) groups excluding carboxylic acids is 1. The van der Waals surface area contributed by atoms with Gasteiger partial charge in [0, 0.05) is 19.0 Å². The van der Waals surface area contributed by atoms with E-state index >= 15 is 0 Å². The Hall–Kier alpha value is -1.86. The third kappa shape index (κ3) is 4.52. The molecular weight excluding hydrogens is 360 g/mol. The van der Waals surface area contributed by atoms with Gasteiger partial charge in [0.1, 0.15) is 5.82 Å². The molecule has 4 rings (SSSR count). The minimum absolute atomic E-state index is 0.0888. The highest BCUT2D eigenvalue weighted by atomic mass is 32.2. The van der Waals surface area contributed by atoms with Crippen LogP contribution in [0.2, 0.25) is 0 Å². The van der Waals surface area contributed by atoms with E-state index in [0.717, 1.165) is 17.5 Å². The lowest BCUT2D eigenvalue weighted by Gasteiger charge is -2.35. The standard InChI is InChI=1S/C20H26N4O2S/c1-14-10-23(11-15(2)26-14)18(25)13-27-20-22-21-19(17-8-9-17)24(20)12-16-6-4-3-5-7-16/h3-7,14-15,17H,8-13H2,1-2H3. The fourth-order valence-corrected chi connectivity index (χ4v) is 4.41. The van der Waals surface area contributed by atoms with E-state index in [9.17, 15) is 4.79 Å². The molecule has 27 heavy (non-hydrogen) atoms. The molecule has 1 amide bonds. The molecule has 2 aromatic rings. The Labute approximate surface area is 164 Å². The van der Waals surface area contributed by atoms with E-state index in [2.05, 4.69) is 26.9 Å². The molecule has 2 unspecified atom stereocenters. The van der Waals surface area contributed by atoms with Gasteiger partial charge in [-0.05, 0) is 32.3 Å². The van der Waals surface area contributed by atoms with Crippen LogP contribution in [0.25, 0.3) is 0 Å². The number of hydrogen-bond donors (Lipinski definition) is 0. The first-order valence-corrected chi connectivity index (χ1v) is 10.6. The van der Waals surface area contributed by atoms with Crippen molar-refractivity contribution in [3.05, 3.63) is 41.7 Å². The van der Waals surface area contributed by atoms with Crippen LogP contribution in [-0.4, -0.2) is 56.6 Å². The summed E-state index contributed by atoms with van der Waals surface area (Å²) in [5.74, 6) is 2.11. The smallest absolute Gasteiger partial charge is 0.233 e. The number of benzene rings is 1. The van der Waals surface area contributed by atoms with Gasteiger partial charge in [-0.15, -0.1) is 10.2 Å². The number of carbonyl (C=O) groups is 1. The molecule has 1 aliphatic carbocycles. The molecule has 1 saturated carbocycles. The number of ether oxygens (including phenoxy) is 1. The topological polar surface area (TPSA) is 60.2 Å². The van der Waals surface area contributed by atoms with Gasteiger partial charge in [0.15, 0.2) is 5.16 Å². The van der Waals surface area contributed by atoms with Crippen LogP contribution in [0.4, 0.5) is 0 Å². The molecule has 7 heteroatoms. The van der Waals surface area contributed by atoms with Gasteiger partial charge in [-0.3, -0.25) is 4.79 Å². The Bertz CT molecular complexity index is 781. The first kappa shape index (κ1) is 18.5. The van der Waals surface area contributed by atoms with Crippen LogP contribution in [-0.2, 0) is 16.1 Å². The van der Waals surface area contributed by atoms with Crippen molar-refractivity contribution in [2.45, 2.75) is 56.5 Å². The number of morpholine rings is 1. The van der Waals surface area contributed by atoms with E-state index in [0.29, 0.717) is 24.8 Å². The third-order valence-corrected chi connectivity index (χ3v) is 5.92. The zero-order valence-corrected chi connectivity index (χ0v) is 16.7. The highest BCUT2D eigenvalue weighted by Gasteiger charge is 2.31. The Morgan fingerprint density at radius 1 is 1.15 bits per heavy atom. The van der Waals surface area contributed by atoms with Crippen molar-refractivity contribution >= 4 is 17.7 Å². The van der Waals surface area contributed by atoms with Crippen LogP contribution in [0.1, 0.15) is 44.0 Å². The van der Waals surface area contributed by atoms with Crippen molar-refractivity contribution < 1.29 is 9.53 Å². The van der Waals surface area contributed by atoms with Crippen molar-refractivity contribution in [2.24, 2.45) is 0 Å². The van der Waals surface area contributed by atoms with Gasteiger partial charge in [-0.1, -0.05) is 42.1 Å². The normalized spacial score (nSPS) is 22.8. The molecule has 1 saturated heterocycles. The average Bonchev–Trinajstić information content (AvgIpc) is 3.42. The molecule has 2 heterocycles. The van der Waals surface area contributed by atoms with E-state index < -0.39 is 0 Å². The second kappa shape index (κ2) is 8.02. The van der Waals surface area contributed by atoms with Crippen LogP contribution in [0, 0.1) is 0 Å². The average molecular weight is 387 g/mol. The lowest BCUT2D eigenvalue weighted by Crippen LogP contribution is -2.48. The molecule has 1 aromatic heterocycles. The van der Waals surface area contributed by atoms with E-state index in [1.165, 1.54) is 30.2 Å². The molecule has 1 aliphatic heterocycles. The molecule has 0 spiro atoms. The molecule has 144 valence electrons. The molecule has 2 fully saturated rings. The van der Waals surface area contributed by atoms with Crippen molar-refractivity contribution in [1.82, 2.24) is 19.7 Å². The number of amides is 1. The highest BCUT2D eigenvalue weighted by Crippen LogP contribution is 2.40. The Balaban J connectivity index is 1.45. The molecule has 2 aliphatic rings. The minimum atomic E-state index is 0.0888. The predicted octanol–water partition coefficient (Wildman–Crippen LogP) is 2.93.